The zero-order valence-corrected chi connectivity index (χ0v) is 28.0. The largest absolute Gasteiger partial charge is 0.472 e. The van der Waals surface area contributed by atoms with E-state index in [9.17, 15) is 40.2 Å². The lowest BCUT2D eigenvalue weighted by Gasteiger charge is -2.62. The molecule has 6 rings (SSSR count). The Hall–Kier alpha value is -2.44. The summed E-state index contributed by atoms with van der Waals surface area (Å²) in [5.41, 5.74) is -0.589. The fraction of sp³-hybridized carbons (Fsp3) is 0.765. The first-order valence-corrected chi connectivity index (χ1v) is 16.9. The molecule has 2 aliphatic carbocycles. The summed E-state index contributed by atoms with van der Waals surface area (Å²) in [5, 5.41) is 63.8. The smallest absolute Gasteiger partial charge is 0.334 e. The van der Waals surface area contributed by atoms with Gasteiger partial charge >= 0.3 is 11.9 Å². The molecule has 16 atom stereocenters. The van der Waals surface area contributed by atoms with Crippen LogP contribution in [0.1, 0.15) is 58.1 Å². The van der Waals surface area contributed by atoms with Crippen LogP contribution < -0.4 is 0 Å². The molecule has 15 nitrogen and oxygen atoms in total. The number of ether oxygens (including phenoxy) is 6. The minimum atomic E-state index is -1.76. The second-order valence-corrected chi connectivity index (χ2v) is 14.5. The Morgan fingerprint density at radius 1 is 0.980 bits per heavy atom. The Kier molecular flexibility index (Phi) is 10.3. The molecule has 3 aliphatic heterocycles. The van der Waals surface area contributed by atoms with Gasteiger partial charge in [0.05, 0.1) is 57.1 Å². The van der Waals surface area contributed by atoms with E-state index in [0.29, 0.717) is 24.8 Å². The van der Waals surface area contributed by atoms with E-state index < -0.39 is 115 Å². The molecule has 0 aromatic carbocycles. The van der Waals surface area contributed by atoms with Gasteiger partial charge in [0.25, 0.3) is 0 Å². The molecule has 1 aromatic rings. The quantitative estimate of drug-likeness (QED) is 0.198. The van der Waals surface area contributed by atoms with Crippen molar-refractivity contribution in [3.8, 4) is 0 Å². The van der Waals surface area contributed by atoms with Crippen LogP contribution >= 0.6 is 0 Å². The summed E-state index contributed by atoms with van der Waals surface area (Å²) in [6.45, 7) is 4.32. The van der Waals surface area contributed by atoms with Gasteiger partial charge in [-0.15, -0.1) is 0 Å². The number of methoxy groups -OCH3 is 1. The predicted octanol–water partition coefficient (Wildman–Crippen LogP) is 0.0940. The van der Waals surface area contributed by atoms with E-state index in [-0.39, 0.29) is 12.3 Å². The zero-order valence-electron chi connectivity index (χ0n) is 28.0. The minimum Gasteiger partial charge on any atom is -0.472 e. The number of hydrogen-bond acceptors (Lipinski definition) is 15. The molecule has 1 saturated carbocycles. The van der Waals surface area contributed by atoms with Gasteiger partial charge in [0.1, 0.15) is 36.6 Å². The molecule has 16 unspecified atom stereocenters. The molecule has 4 fully saturated rings. The van der Waals surface area contributed by atoms with E-state index in [4.69, 9.17) is 32.8 Å². The van der Waals surface area contributed by atoms with Gasteiger partial charge in [-0.25, -0.2) is 4.79 Å². The van der Waals surface area contributed by atoms with E-state index in [2.05, 4.69) is 0 Å². The molecule has 0 spiro atoms. The first-order valence-electron chi connectivity index (χ1n) is 16.9. The number of carbonyl (C=O) groups excluding carboxylic acids is 2. The summed E-state index contributed by atoms with van der Waals surface area (Å²) in [6, 6.07) is 1.76. The molecule has 0 bridgehead atoms. The Balaban J connectivity index is 1.28. The summed E-state index contributed by atoms with van der Waals surface area (Å²) in [6.07, 6.45) is -8.00. The fourth-order valence-corrected chi connectivity index (χ4v) is 9.09. The van der Waals surface area contributed by atoms with E-state index in [1.54, 1.807) is 19.3 Å². The van der Waals surface area contributed by atoms with Gasteiger partial charge in [0, 0.05) is 22.5 Å². The van der Waals surface area contributed by atoms with Gasteiger partial charge in [0.2, 0.25) is 0 Å². The van der Waals surface area contributed by atoms with Crippen LogP contribution in [-0.2, 0) is 38.0 Å². The molecule has 3 saturated heterocycles. The number of allylic oxidation sites excluding steroid dienone is 1. The highest BCUT2D eigenvalue weighted by atomic mass is 16.7. The van der Waals surface area contributed by atoms with Crippen molar-refractivity contribution in [3.05, 3.63) is 35.8 Å². The molecule has 5 aliphatic rings. The maximum Gasteiger partial charge on any atom is 0.334 e. The number of fused-ring (bicyclic) bond motifs is 3. The van der Waals surface area contributed by atoms with Gasteiger partial charge in [-0.2, -0.15) is 0 Å². The molecule has 274 valence electrons. The molecule has 1 aromatic heterocycles. The number of rotatable bonds is 8. The van der Waals surface area contributed by atoms with Crippen LogP contribution in [-0.4, -0.2) is 124 Å². The maximum absolute atomic E-state index is 13.7. The van der Waals surface area contributed by atoms with Gasteiger partial charge in [-0.3, -0.25) is 4.79 Å². The van der Waals surface area contributed by atoms with Crippen molar-refractivity contribution in [1.82, 2.24) is 0 Å². The molecule has 4 heterocycles. The van der Waals surface area contributed by atoms with Crippen LogP contribution in [0, 0.1) is 28.6 Å². The number of aliphatic hydroxyl groups is 6. The van der Waals surface area contributed by atoms with Crippen molar-refractivity contribution in [3.63, 3.8) is 0 Å². The zero-order chi connectivity index (χ0) is 35.4. The topological polar surface area (TPSA) is 224 Å². The minimum absolute atomic E-state index is 0.0852. The van der Waals surface area contributed by atoms with Crippen molar-refractivity contribution < 1.29 is 73.1 Å². The molecular weight excluding hydrogens is 648 g/mol. The van der Waals surface area contributed by atoms with Crippen LogP contribution in [0.5, 0.6) is 0 Å². The summed E-state index contributed by atoms with van der Waals surface area (Å²) < 4.78 is 40.3. The molecule has 0 amide bonds. The number of aliphatic hydroxyl groups excluding tert-OH is 6. The molecule has 15 heteroatoms. The van der Waals surface area contributed by atoms with Gasteiger partial charge in [-0.1, -0.05) is 26.8 Å². The Morgan fingerprint density at radius 3 is 2.31 bits per heavy atom. The maximum atomic E-state index is 13.7. The first kappa shape index (κ1) is 36.4. The van der Waals surface area contributed by atoms with E-state index in [1.165, 1.54) is 13.4 Å². The van der Waals surface area contributed by atoms with Crippen molar-refractivity contribution in [2.24, 2.45) is 28.6 Å². The number of hydrogen-bond donors (Lipinski definition) is 6. The van der Waals surface area contributed by atoms with Gasteiger partial charge < -0.3 is 63.5 Å². The monoisotopic (exact) mass is 696 g/mol. The van der Waals surface area contributed by atoms with E-state index in [0.717, 1.165) is 5.56 Å². The van der Waals surface area contributed by atoms with Gasteiger partial charge in [0.15, 0.2) is 12.6 Å². The van der Waals surface area contributed by atoms with Gasteiger partial charge in [-0.05, 0) is 43.1 Å². The second-order valence-electron chi connectivity index (χ2n) is 14.5. The van der Waals surface area contributed by atoms with Crippen LogP contribution in [0.2, 0.25) is 0 Å². The van der Waals surface area contributed by atoms with Crippen molar-refractivity contribution in [2.45, 2.75) is 114 Å². The van der Waals surface area contributed by atoms with E-state index >= 15 is 0 Å². The Morgan fingerprint density at radius 2 is 1.65 bits per heavy atom. The molecular formula is C34H48O15. The fourth-order valence-electron chi connectivity index (χ4n) is 9.09. The highest BCUT2D eigenvalue weighted by Crippen LogP contribution is 2.65. The van der Waals surface area contributed by atoms with Crippen LogP contribution in [0.25, 0.3) is 0 Å². The summed E-state index contributed by atoms with van der Waals surface area (Å²) in [5.74, 6) is -2.56. The summed E-state index contributed by atoms with van der Waals surface area (Å²) in [7, 11) is 1.29. The average Bonchev–Trinajstić information content (AvgIpc) is 3.63. The lowest BCUT2D eigenvalue weighted by atomic mass is 9.44. The first-order chi connectivity index (χ1) is 23.3. The summed E-state index contributed by atoms with van der Waals surface area (Å²) >= 11 is 0. The third-order valence-electron chi connectivity index (χ3n) is 12.0. The third kappa shape index (κ3) is 6.05. The van der Waals surface area contributed by atoms with Crippen molar-refractivity contribution in [2.75, 3.05) is 20.3 Å². The van der Waals surface area contributed by atoms with Crippen molar-refractivity contribution in [1.29, 1.82) is 0 Å². The van der Waals surface area contributed by atoms with Crippen molar-refractivity contribution >= 4 is 11.9 Å². The van der Waals surface area contributed by atoms with Crippen LogP contribution in [0.15, 0.2) is 34.7 Å². The molecule has 49 heavy (non-hydrogen) atoms. The molecule has 0 radical (unpaired) electrons. The average molecular weight is 697 g/mol. The lowest BCUT2D eigenvalue weighted by molar-refractivity contribution is -0.365. The Labute approximate surface area is 283 Å². The normalized spacial score (nSPS) is 47.0. The second kappa shape index (κ2) is 13.9. The molecule has 6 N–H and O–H groups in total. The number of carbonyl (C=O) groups is 2. The number of furan rings is 1. The Bertz CT molecular complexity index is 1360. The summed E-state index contributed by atoms with van der Waals surface area (Å²) in [4.78, 5) is 27.1. The van der Waals surface area contributed by atoms with Crippen LogP contribution in [0.4, 0.5) is 0 Å². The van der Waals surface area contributed by atoms with Crippen LogP contribution in [0.3, 0.4) is 0 Å². The number of esters is 2. The highest BCUT2D eigenvalue weighted by molar-refractivity contribution is 5.90. The standard InChI is InChI=1S/C34H48O15/c1-15-20(12-35)46-32(26(39)24(15)37)49-28-21(13-36)47-31(27(40)25(28)38)48-23-10-18-30(42)45-19(16-8-9-44-14-16)11-33(18,2)22-7-5-6-17(29(41)43-4)34(22,23)3/h6,8-9,14-15,18-28,31-32,35-40H,5,7,10-13H2,1-4H3. The lowest BCUT2D eigenvalue weighted by Crippen LogP contribution is -2.66. The van der Waals surface area contributed by atoms with E-state index in [1.807, 2.05) is 19.9 Å². The SMILES string of the molecule is COC(=O)C1=CCCC2C3(C)CC(c4ccoc4)OC(=O)C3CC(OC3OC(CO)C(OC4OC(CO)C(C)C(O)C4O)C(O)C3O)C12C. The predicted molar refractivity (Wildman–Crippen MR) is 164 cm³/mol. The third-order valence-corrected chi connectivity index (χ3v) is 12.0. The highest BCUT2D eigenvalue weighted by Gasteiger charge is 2.66. The number of cyclic esters (lactones) is 1.